The first-order chi connectivity index (χ1) is 10.1. The molecule has 6 nitrogen and oxygen atoms in total. The molecule has 2 N–H and O–H groups in total. The maximum Gasteiger partial charge on any atom is 0.223 e. The van der Waals surface area contributed by atoms with Crippen molar-refractivity contribution in [3.05, 3.63) is 0 Å². The Morgan fingerprint density at radius 1 is 1.14 bits per heavy atom. The molecule has 0 aromatic heterocycles. The lowest BCUT2D eigenvalue weighted by Gasteiger charge is -2.26. The Labute approximate surface area is 126 Å². The average Bonchev–Trinajstić information content (AvgIpc) is 3.26. The van der Waals surface area contributed by atoms with Crippen molar-refractivity contribution in [2.24, 2.45) is 17.8 Å². The van der Waals surface area contributed by atoms with Crippen molar-refractivity contribution in [2.45, 2.75) is 20.3 Å². The summed E-state index contributed by atoms with van der Waals surface area (Å²) in [7, 11) is 0. The molecule has 1 saturated heterocycles. The molecule has 1 saturated carbocycles. The van der Waals surface area contributed by atoms with Gasteiger partial charge in [0.05, 0.1) is 25.0 Å². The lowest BCUT2D eigenvalue weighted by atomic mass is 10.2. The molecule has 0 aromatic rings. The van der Waals surface area contributed by atoms with Crippen LogP contribution in [0.5, 0.6) is 0 Å². The van der Waals surface area contributed by atoms with Crippen LogP contribution in [0.3, 0.4) is 0 Å². The van der Waals surface area contributed by atoms with Gasteiger partial charge in [-0.1, -0.05) is 13.8 Å². The van der Waals surface area contributed by atoms with Gasteiger partial charge < -0.3 is 15.4 Å². The fourth-order valence-corrected chi connectivity index (χ4v) is 2.50. The molecular formula is C15H27N3O3. The van der Waals surface area contributed by atoms with Crippen molar-refractivity contribution in [1.82, 2.24) is 15.5 Å². The number of carbonyl (C=O) groups excluding carboxylic acids is 2. The lowest BCUT2D eigenvalue weighted by Crippen LogP contribution is -2.41. The van der Waals surface area contributed by atoms with Crippen LogP contribution in [0.4, 0.5) is 0 Å². The van der Waals surface area contributed by atoms with E-state index < -0.39 is 0 Å². The summed E-state index contributed by atoms with van der Waals surface area (Å²) >= 11 is 0. The summed E-state index contributed by atoms with van der Waals surface area (Å²) in [6, 6.07) is 0. The molecule has 2 aliphatic rings. The lowest BCUT2D eigenvalue weighted by molar-refractivity contribution is -0.127. The summed E-state index contributed by atoms with van der Waals surface area (Å²) in [4.78, 5) is 26.1. The number of amides is 2. The molecule has 2 fully saturated rings. The van der Waals surface area contributed by atoms with Crippen molar-refractivity contribution in [1.29, 1.82) is 0 Å². The van der Waals surface area contributed by atoms with E-state index in [1.54, 1.807) is 0 Å². The van der Waals surface area contributed by atoms with Crippen LogP contribution in [-0.4, -0.2) is 62.7 Å². The zero-order chi connectivity index (χ0) is 15.2. The van der Waals surface area contributed by atoms with E-state index in [9.17, 15) is 9.59 Å². The second-order valence-corrected chi connectivity index (χ2v) is 6.33. The van der Waals surface area contributed by atoms with Crippen LogP contribution in [-0.2, 0) is 14.3 Å². The maximum absolute atomic E-state index is 12.0. The smallest absolute Gasteiger partial charge is 0.223 e. The van der Waals surface area contributed by atoms with Gasteiger partial charge in [0.1, 0.15) is 0 Å². The number of hydrogen-bond donors (Lipinski definition) is 2. The van der Waals surface area contributed by atoms with Crippen molar-refractivity contribution in [3.8, 4) is 0 Å². The van der Waals surface area contributed by atoms with Gasteiger partial charge in [-0.25, -0.2) is 0 Å². The number of ether oxygens (including phenoxy) is 1. The molecular weight excluding hydrogens is 270 g/mol. The molecule has 6 heteroatoms. The zero-order valence-corrected chi connectivity index (χ0v) is 13.1. The van der Waals surface area contributed by atoms with E-state index in [4.69, 9.17) is 4.74 Å². The number of hydrogen-bond acceptors (Lipinski definition) is 4. The second-order valence-electron chi connectivity index (χ2n) is 6.33. The van der Waals surface area contributed by atoms with E-state index in [-0.39, 0.29) is 23.7 Å². The van der Waals surface area contributed by atoms with E-state index >= 15 is 0 Å². The number of rotatable bonds is 7. The normalized spacial score (nSPS) is 25.7. The molecule has 0 bridgehead atoms. The van der Waals surface area contributed by atoms with Gasteiger partial charge in [-0.15, -0.1) is 0 Å². The van der Waals surface area contributed by atoms with Crippen LogP contribution < -0.4 is 10.6 Å². The standard InChI is InChI=1S/C15H27N3O3/c1-11(2)10-17-15(20)13-9-12(13)14(19)16-3-4-18-5-7-21-8-6-18/h11-13H,3-10H2,1-2H3,(H,16,19)(H,17,20). The quantitative estimate of drug-likeness (QED) is 0.685. The Bertz CT molecular complexity index is 367. The fourth-order valence-electron chi connectivity index (χ4n) is 2.50. The van der Waals surface area contributed by atoms with Gasteiger partial charge in [-0.05, 0) is 12.3 Å². The van der Waals surface area contributed by atoms with E-state index in [0.717, 1.165) is 32.8 Å². The summed E-state index contributed by atoms with van der Waals surface area (Å²) in [5.41, 5.74) is 0. The monoisotopic (exact) mass is 297 g/mol. The summed E-state index contributed by atoms with van der Waals surface area (Å²) in [6.45, 7) is 9.71. The first kappa shape index (κ1) is 16.2. The molecule has 2 rings (SSSR count). The van der Waals surface area contributed by atoms with Crippen molar-refractivity contribution in [3.63, 3.8) is 0 Å². The highest BCUT2D eigenvalue weighted by Crippen LogP contribution is 2.38. The predicted molar refractivity (Wildman–Crippen MR) is 79.7 cm³/mol. The Balaban J connectivity index is 1.58. The SMILES string of the molecule is CC(C)CNC(=O)C1CC1C(=O)NCCN1CCOCC1. The van der Waals surface area contributed by atoms with Gasteiger partial charge in [0.25, 0.3) is 0 Å². The molecule has 21 heavy (non-hydrogen) atoms. The van der Waals surface area contributed by atoms with Gasteiger partial charge >= 0.3 is 0 Å². The van der Waals surface area contributed by atoms with Gasteiger partial charge in [0.15, 0.2) is 0 Å². The summed E-state index contributed by atoms with van der Waals surface area (Å²) < 4.78 is 5.28. The molecule has 2 atom stereocenters. The molecule has 120 valence electrons. The second kappa shape index (κ2) is 7.75. The molecule has 0 spiro atoms. The Morgan fingerprint density at radius 2 is 1.76 bits per heavy atom. The van der Waals surface area contributed by atoms with Crippen LogP contribution in [0.25, 0.3) is 0 Å². The summed E-state index contributed by atoms with van der Waals surface area (Å²) in [5, 5.41) is 5.84. The Hall–Kier alpha value is -1.14. The summed E-state index contributed by atoms with van der Waals surface area (Å²) in [6.07, 6.45) is 0.688. The van der Waals surface area contributed by atoms with Crippen LogP contribution in [0.1, 0.15) is 20.3 Å². The zero-order valence-electron chi connectivity index (χ0n) is 13.1. The third-order valence-electron chi connectivity index (χ3n) is 3.98. The molecule has 1 aliphatic heterocycles. The highest BCUT2D eigenvalue weighted by Gasteiger charge is 2.47. The van der Waals surface area contributed by atoms with Crippen LogP contribution in [0, 0.1) is 17.8 Å². The van der Waals surface area contributed by atoms with E-state index in [0.29, 0.717) is 25.4 Å². The Morgan fingerprint density at radius 3 is 2.38 bits per heavy atom. The third-order valence-corrected chi connectivity index (χ3v) is 3.98. The van der Waals surface area contributed by atoms with Gasteiger partial charge in [0.2, 0.25) is 11.8 Å². The van der Waals surface area contributed by atoms with Gasteiger partial charge in [-0.2, -0.15) is 0 Å². The minimum absolute atomic E-state index is 0.0213. The van der Waals surface area contributed by atoms with Crippen LogP contribution >= 0.6 is 0 Å². The molecule has 1 aliphatic carbocycles. The van der Waals surface area contributed by atoms with Crippen molar-refractivity contribution in [2.75, 3.05) is 45.9 Å². The first-order valence-corrected chi connectivity index (χ1v) is 7.93. The van der Waals surface area contributed by atoms with E-state index in [1.165, 1.54) is 0 Å². The highest BCUT2D eigenvalue weighted by molar-refractivity contribution is 5.92. The number of nitrogens with zero attached hydrogens (tertiary/aromatic N) is 1. The maximum atomic E-state index is 12.0. The molecule has 0 aromatic carbocycles. The number of nitrogens with one attached hydrogen (secondary N) is 2. The fraction of sp³-hybridized carbons (Fsp3) is 0.867. The number of morpholine rings is 1. The largest absolute Gasteiger partial charge is 0.379 e. The topological polar surface area (TPSA) is 70.7 Å². The van der Waals surface area contributed by atoms with E-state index in [1.807, 2.05) is 0 Å². The van der Waals surface area contributed by atoms with Gasteiger partial charge in [0, 0.05) is 32.7 Å². The van der Waals surface area contributed by atoms with Gasteiger partial charge in [-0.3, -0.25) is 14.5 Å². The Kier molecular flexibility index (Phi) is 5.99. The summed E-state index contributed by atoms with van der Waals surface area (Å²) in [5.74, 6) is 0.243. The van der Waals surface area contributed by atoms with E-state index in [2.05, 4.69) is 29.4 Å². The van der Waals surface area contributed by atoms with Crippen molar-refractivity contribution >= 4 is 11.8 Å². The van der Waals surface area contributed by atoms with Crippen molar-refractivity contribution < 1.29 is 14.3 Å². The van der Waals surface area contributed by atoms with Crippen LogP contribution in [0.15, 0.2) is 0 Å². The number of carbonyl (C=O) groups is 2. The molecule has 2 amide bonds. The minimum atomic E-state index is -0.123. The molecule has 2 unspecified atom stereocenters. The van der Waals surface area contributed by atoms with Crippen LogP contribution in [0.2, 0.25) is 0 Å². The molecule has 0 radical (unpaired) electrons. The predicted octanol–water partition coefficient (Wildman–Crippen LogP) is -0.157. The minimum Gasteiger partial charge on any atom is -0.379 e. The first-order valence-electron chi connectivity index (χ1n) is 7.93. The average molecular weight is 297 g/mol. The highest BCUT2D eigenvalue weighted by atomic mass is 16.5. The third kappa shape index (κ3) is 5.28. The molecule has 1 heterocycles.